The number of fused-ring (bicyclic) bond motifs is 3. The molecule has 2 heterocycles. The largest absolute Gasteiger partial charge is 0.508 e. The number of esters is 1. The van der Waals surface area contributed by atoms with Gasteiger partial charge in [0, 0.05) is 23.1 Å². The van der Waals surface area contributed by atoms with Crippen molar-refractivity contribution >= 4 is 16.9 Å². The molecule has 0 aliphatic carbocycles. The molecule has 1 unspecified atom stereocenters. The molecule has 1 aliphatic rings. The summed E-state index contributed by atoms with van der Waals surface area (Å²) in [5, 5.41) is 13.7. The van der Waals surface area contributed by atoms with Gasteiger partial charge < -0.3 is 14.8 Å². The third kappa shape index (κ3) is 2.63. The van der Waals surface area contributed by atoms with E-state index in [9.17, 15) is 9.90 Å². The third-order valence-electron chi connectivity index (χ3n) is 4.41. The lowest BCUT2D eigenvalue weighted by molar-refractivity contribution is -0.148. The van der Waals surface area contributed by atoms with Crippen LogP contribution in [0.25, 0.3) is 10.9 Å². The number of aromatic nitrogens is 1. The van der Waals surface area contributed by atoms with Crippen molar-refractivity contribution in [2.45, 2.75) is 19.1 Å². The second-order valence-electron chi connectivity index (χ2n) is 5.97. The third-order valence-corrected chi connectivity index (χ3v) is 4.41. The van der Waals surface area contributed by atoms with Gasteiger partial charge in [0.2, 0.25) is 0 Å². The summed E-state index contributed by atoms with van der Waals surface area (Å²) in [4.78, 5) is 15.9. The summed E-state index contributed by atoms with van der Waals surface area (Å²) >= 11 is 0. The van der Waals surface area contributed by atoms with Crippen molar-refractivity contribution < 1.29 is 14.6 Å². The Hall–Kier alpha value is -2.79. The summed E-state index contributed by atoms with van der Waals surface area (Å²) in [7, 11) is 0. The molecule has 5 nitrogen and oxygen atoms in total. The van der Waals surface area contributed by atoms with Crippen LogP contribution in [0.5, 0.6) is 5.75 Å². The maximum absolute atomic E-state index is 12.5. The maximum Gasteiger partial charge on any atom is 0.329 e. The number of aromatic hydroxyl groups is 1. The number of carbonyl (C=O) groups is 1. The fourth-order valence-corrected chi connectivity index (χ4v) is 3.21. The van der Waals surface area contributed by atoms with E-state index in [1.165, 1.54) is 10.9 Å². The fourth-order valence-electron chi connectivity index (χ4n) is 3.21. The standard InChI is InChI=1S/C19H18N2O3/c22-13-7-5-12(6-8-13)11-24-19(23)18-17-15(9-10-20-18)14-3-1-2-4-16(14)21-17/h1-8,18,20-22H,9-11H2. The average molecular weight is 322 g/mol. The summed E-state index contributed by atoms with van der Waals surface area (Å²) in [6, 6.07) is 14.3. The first-order valence-electron chi connectivity index (χ1n) is 8.00. The van der Waals surface area contributed by atoms with Crippen LogP contribution in [0.1, 0.15) is 22.9 Å². The molecular weight excluding hydrogens is 304 g/mol. The van der Waals surface area contributed by atoms with Crippen molar-refractivity contribution in [3.05, 3.63) is 65.4 Å². The highest BCUT2D eigenvalue weighted by molar-refractivity contribution is 5.88. The predicted molar refractivity (Wildman–Crippen MR) is 90.6 cm³/mol. The molecule has 24 heavy (non-hydrogen) atoms. The van der Waals surface area contributed by atoms with Crippen LogP contribution < -0.4 is 5.32 Å². The number of rotatable bonds is 3. The Balaban J connectivity index is 1.54. The number of phenolic OH excluding ortho intramolecular Hbond substituents is 1. The van der Waals surface area contributed by atoms with Crippen LogP contribution in [-0.2, 0) is 22.6 Å². The zero-order chi connectivity index (χ0) is 16.5. The Labute approximate surface area is 139 Å². The average Bonchev–Trinajstić information content (AvgIpc) is 2.99. The summed E-state index contributed by atoms with van der Waals surface area (Å²) in [5.74, 6) is -0.0997. The Kier molecular flexibility index (Phi) is 3.70. The number of hydrogen-bond donors (Lipinski definition) is 3. The Morgan fingerprint density at radius 1 is 1.17 bits per heavy atom. The minimum absolute atomic E-state index is 0.187. The zero-order valence-corrected chi connectivity index (χ0v) is 13.1. The molecule has 0 spiro atoms. The number of hydrogen-bond acceptors (Lipinski definition) is 4. The number of H-pyrrole nitrogens is 1. The van der Waals surface area contributed by atoms with E-state index in [0.29, 0.717) is 0 Å². The van der Waals surface area contributed by atoms with Crippen LogP contribution in [0.4, 0.5) is 0 Å². The molecule has 1 aromatic heterocycles. The van der Waals surface area contributed by atoms with E-state index in [2.05, 4.69) is 16.4 Å². The summed E-state index contributed by atoms with van der Waals surface area (Å²) in [6.45, 7) is 0.931. The van der Waals surface area contributed by atoms with Gasteiger partial charge in [-0.05, 0) is 35.7 Å². The molecule has 0 saturated carbocycles. The smallest absolute Gasteiger partial charge is 0.329 e. The number of carbonyl (C=O) groups excluding carboxylic acids is 1. The van der Waals surface area contributed by atoms with Gasteiger partial charge in [0.05, 0.1) is 0 Å². The monoisotopic (exact) mass is 322 g/mol. The number of phenols is 1. The van der Waals surface area contributed by atoms with Gasteiger partial charge in [-0.3, -0.25) is 5.32 Å². The van der Waals surface area contributed by atoms with E-state index in [4.69, 9.17) is 4.74 Å². The lowest BCUT2D eigenvalue weighted by Crippen LogP contribution is -2.36. The molecular formula is C19H18N2O3. The van der Waals surface area contributed by atoms with Crippen molar-refractivity contribution in [3.8, 4) is 5.75 Å². The maximum atomic E-state index is 12.5. The number of para-hydroxylation sites is 1. The Bertz CT molecular complexity index is 883. The van der Waals surface area contributed by atoms with E-state index < -0.39 is 6.04 Å². The van der Waals surface area contributed by atoms with Crippen LogP contribution in [0.3, 0.4) is 0 Å². The lowest BCUT2D eigenvalue weighted by atomic mass is 9.99. The first kappa shape index (κ1) is 14.8. The number of nitrogens with one attached hydrogen (secondary N) is 2. The second-order valence-corrected chi connectivity index (χ2v) is 5.97. The molecule has 0 radical (unpaired) electrons. The van der Waals surface area contributed by atoms with Crippen LogP contribution in [0.15, 0.2) is 48.5 Å². The minimum atomic E-state index is -0.474. The lowest BCUT2D eigenvalue weighted by Gasteiger charge is -2.22. The van der Waals surface area contributed by atoms with E-state index in [1.54, 1.807) is 24.3 Å². The van der Waals surface area contributed by atoms with E-state index >= 15 is 0 Å². The topological polar surface area (TPSA) is 74.3 Å². The summed E-state index contributed by atoms with van der Waals surface area (Å²) < 4.78 is 5.46. The Morgan fingerprint density at radius 2 is 1.96 bits per heavy atom. The van der Waals surface area contributed by atoms with Crippen molar-refractivity contribution in [1.82, 2.24) is 10.3 Å². The highest BCUT2D eigenvalue weighted by Gasteiger charge is 2.30. The van der Waals surface area contributed by atoms with Gasteiger partial charge in [0.15, 0.2) is 0 Å². The van der Waals surface area contributed by atoms with Gasteiger partial charge in [0.25, 0.3) is 0 Å². The van der Waals surface area contributed by atoms with Crippen LogP contribution >= 0.6 is 0 Å². The quantitative estimate of drug-likeness (QED) is 0.648. The van der Waals surface area contributed by atoms with E-state index in [1.807, 2.05) is 18.2 Å². The van der Waals surface area contributed by atoms with Crippen molar-refractivity contribution in [2.24, 2.45) is 0 Å². The van der Waals surface area contributed by atoms with Gasteiger partial charge >= 0.3 is 5.97 Å². The van der Waals surface area contributed by atoms with Crippen molar-refractivity contribution in [3.63, 3.8) is 0 Å². The van der Waals surface area contributed by atoms with Gasteiger partial charge in [-0.25, -0.2) is 4.79 Å². The fraction of sp³-hybridized carbons (Fsp3) is 0.211. The number of aromatic amines is 1. The molecule has 2 aromatic carbocycles. The normalized spacial score (nSPS) is 16.8. The highest BCUT2D eigenvalue weighted by atomic mass is 16.5. The van der Waals surface area contributed by atoms with Gasteiger partial charge in [-0.15, -0.1) is 0 Å². The summed E-state index contributed by atoms with van der Waals surface area (Å²) in [5.41, 5.74) is 3.98. The highest BCUT2D eigenvalue weighted by Crippen LogP contribution is 2.30. The van der Waals surface area contributed by atoms with E-state index in [-0.39, 0.29) is 18.3 Å². The second kappa shape index (κ2) is 6.02. The van der Waals surface area contributed by atoms with Gasteiger partial charge in [0.1, 0.15) is 18.4 Å². The predicted octanol–water partition coefficient (Wildman–Crippen LogP) is 2.80. The minimum Gasteiger partial charge on any atom is -0.508 e. The molecule has 5 heteroatoms. The molecule has 0 bridgehead atoms. The molecule has 122 valence electrons. The van der Waals surface area contributed by atoms with Crippen molar-refractivity contribution in [1.29, 1.82) is 0 Å². The van der Waals surface area contributed by atoms with Crippen LogP contribution in [-0.4, -0.2) is 22.6 Å². The molecule has 1 atom stereocenters. The molecule has 3 N–H and O–H groups in total. The van der Waals surface area contributed by atoms with E-state index in [0.717, 1.165) is 29.7 Å². The zero-order valence-electron chi connectivity index (χ0n) is 13.1. The van der Waals surface area contributed by atoms with Gasteiger partial charge in [-0.1, -0.05) is 30.3 Å². The molecule has 1 aliphatic heterocycles. The Morgan fingerprint density at radius 3 is 2.79 bits per heavy atom. The van der Waals surface area contributed by atoms with Crippen molar-refractivity contribution in [2.75, 3.05) is 6.54 Å². The van der Waals surface area contributed by atoms with Gasteiger partial charge in [-0.2, -0.15) is 0 Å². The molecule has 0 fully saturated rings. The molecule has 3 aromatic rings. The first-order valence-corrected chi connectivity index (χ1v) is 8.00. The first-order chi connectivity index (χ1) is 11.7. The van der Waals surface area contributed by atoms with Crippen LogP contribution in [0, 0.1) is 0 Å². The summed E-state index contributed by atoms with van der Waals surface area (Å²) in [6.07, 6.45) is 0.890. The molecule has 0 amide bonds. The SMILES string of the molecule is O=C(OCc1ccc(O)cc1)C1NCCc2c1[nH]c1ccccc21. The molecule has 0 saturated heterocycles. The number of benzene rings is 2. The van der Waals surface area contributed by atoms with Crippen LogP contribution in [0.2, 0.25) is 0 Å². The number of ether oxygens (including phenoxy) is 1. The molecule has 4 rings (SSSR count).